The summed E-state index contributed by atoms with van der Waals surface area (Å²) < 4.78 is 152. The van der Waals surface area contributed by atoms with Gasteiger partial charge in [-0.15, -0.1) is 3.71 Å². The van der Waals surface area contributed by atoms with Crippen LogP contribution in [0.1, 0.15) is 54.5 Å². The van der Waals surface area contributed by atoms with Crippen molar-refractivity contribution >= 4 is 64.3 Å². The Morgan fingerprint density at radius 1 is 1.00 bits per heavy atom. The van der Waals surface area contributed by atoms with Crippen molar-refractivity contribution in [2.45, 2.75) is 63.1 Å². The second-order valence-electron chi connectivity index (χ2n) is 13.6. The zero-order chi connectivity index (χ0) is 41.9. The van der Waals surface area contributed by atoms with E-state index in [0.29, 0.717) is 40.8 Å². The van der Waals surface area contributed by atoms with Crippen LogP contribution in [0.5, 0.6) is 0 Å². The molecule has 0 saturated heterocycles. The molecule has 5 rings (SSSR count). The average Bonchev–Trinajstić information content (AvgIpc) is 3.62. The van der Waals surface area contributed by atoms with Gasteiger partial charge < -0.3 is 10.5 Å². The minimum atomic E-state index is -5.02. The van der Waals surface area contributed by atoms with E-state index in [1.807, 2.05) is 0 Å². The number of hydrogen-bond acceptors (Lipinski definition) is 10. The maximum absolute atomic E-state index is 14.4. The quantitative estimate of drug-likeness (QED) is 0.161. The SMILES string of the molecule is CC(C)(C#Cc1nc([C@@H](Cc2cc(F)cc(F)c2)OC(N)=O)c(-c2ccc(Cl)c3c(N(S(C)(=O)=O)S(C)(=O)=O)nn(CC(F)(F)F)c23)c2c1CCC2)S(C)(=O)=O. The van der Waals surface area contributed by atoms with Gasteiger partial charge in [-0.25, -0.2) is 43.8 Å². The minimum absolute atomic E-state index is 0.00788. The molecule has 22 heteroatoms. The Kier molecular flexibility index (Phi) is 11.2. The zero-order valence-electron chi connectivity index (χ0n) is 30.1. The predicted molar refractivity (Wildman–Crippen MR) is 197 cm³/mol. The molecule has 1 aliphatic carbocycles. The summed E-state index contributed by atoms with van der Waals surface area (Å²) in [5.41, 5.74) is 5.22. The third-order valence-electron chi connectivity index (χ3n) is 8.81. The summed E-state index contributed by atoms with van der Waals surface area (Å²) in [5, 5.41) is 2.92. The number of ether oxygens (including phenoxy) is 1. The van der Waals surface area contributed by atoms with Gasteiger partial charge in [0.2, 0.25) is 20.0 Å². The summed E-state index contributed by atoms with van der Waals surface area (Å²) in [7, 11) is -13.3. The molecule has 0 bridgehead atoms. The van der Waals surface area contributed by atoms with Gasteiger partial charge in [0.25, 0.3) is 0 Å². The number of carbonyl (C=O) groups excluding carboxylic acids is 1. The highest BCUT2D eigenvalue weighted by atomic mass is 35.5. The van der Waals surface area contributed by atoms with E-state index in [-0.39, 0.29) is 44.6 Å². The monoisotopic (exact) mass is 865 g/mol. The number of sulfone groups is 1. The molecule has 4 aromatic rings. The van der Waals surface area contributed by atoms with Crippen LogP contribution in [0, 0.1) is 23.5 Å². The van der Waals surface area contributed by atoms with Gasteiger partial charge in [-0.3, -0.25) is 4.68 Å². The van der Waals surface area contributed by atoms with E-state index in [9.17, 15) is 52.0 Å². The first kappa shape index (κ1) is 42.6. The van der Waals surface area contributed by atoms with Gasteiger partial charge in [0.05, 0.1) is 34.1 Å². The molecule has 2 aromatic heterocycles. The van der Waals surface area contributed by atoms with Crippen molar-refractivity contribution in [3.05, 3.63) is 75.1 Å². The first-order valence-corrected chi connectivity index (χ1v) is 22.2. The number of fused-ring (bicyclic) bond motifs is 2. The number of hydrogen-bond donors (Lipinski definition) is 1. The molecule has 302 valence electrons. The second kappa shape index (κ2) is 14.8. The molecule has 2 N–H and O–H groups in total. The molecule has 0 fully saturated rings. The smallest absolute Gasteiger partial charge is 0.408 e. The van der Waals surface area contributed by atoms with Gasteiger partial charge >= 0.3 is 12.3 Å². The van der Waals surface area contributed by atoms with Gasteiger partial charge in [0, 0.05) is 29.9 Å². The van der Waals surface area contributed by atoms with Crippen molar-refractivity contribution in [1.82, 2.24) is 14.8 Å². The number of halogens is 6. The highest BCUT2D eigenvalue weighted by molar-refractivity contribution is 8.09. The fourth-order valence-electron chi connectivity index (χ4n) is 6.33. The molecule has 2 aromatic carbocycles. The summed E-state index contributed by atoms with van der Waals surface area (Å²) in [5.74, 6) is 2.49. The Morgan fingerprint density at radius 3 is 2.12 bits per heavy atom. The lowest BCUT2D eigenvalue weighted by molar-refractivity contribution is -0.141. The second-order valence-corrected chi connectivity index (χ2v) is 20.5. The summed E-state index contributed by atoms with van der Waals surface area (Å²) in [6.07, 6.45) is -5.74. The number of benzene rings is 2. The number of sulfonamides is 2. The van der Waals surface area contributed by atoms with Crippen LogP contribution in [0.4, 0.5) is 32.6 Å². The molecule has 0 radical (unpaired) electrons. The van der Waals surface area contributed by atoms with Gasteiger partial charge in [0.1, 0.15) is 28.6 Å². The lowest BCUT2D eigenvalue weighted by Gasteiger charge is -2.24. The van der Waals surface area contributed by atoms with E-state index in [1.165, 1.54) is 19.9 Å². The van der Waals surface area contributed by atoms with Crippen LogP contribution in [-0.2, 0) is 60.4 Å². The Labute approximate surface area is 324 Å². The van der Waals surface area contributed by atoms with Gasteiger partial charge in [-0.05, 0) is 73.9 Å². The number of nitrogens with two attached hydrogens (primary N) is 1. The highest BCUT2D eigenvalue weighted by Gasteiger charge is 2.39. The maximum atomic E-state index is 14.4. The molecule has 0 spiro atoms. The summed E-state index contributed by atoms with van der Waals surface area (Å²) in [4.78, 5) is 17.1. The molecule has 0 unspecified atom stereocenters. The van der Waals surface area contributed by atoms with Crippen LogP contribution in [0.3, 0.4) is 0 Å². The lowest BCUT2D eigenvalue weighted by atomic mass is 9.89. The molecular formula is C34H33ClF5N5O8S3. The molecule has 1 amide bonds. The van der Waals surface area contributed by atoms with Crippen molar-refractivity contribution in [3.63, 3.8) is 0 Å². The van der Waals surface area contributed by atoms with Crippen LogP contribution in [0.2, 0.25) is 5.02 Å². The molecule has 0 saturated carbocycles. The Balaban J connectivity index is 1.99. The summed E-state index contributed by atoms with van der Waals surface area (Å²) in [6, 6.07) is 4.85. The van der Waals surface area contributed by atoms with Gasteiger partial charge in [-0.1, -0.05) is 23.6 Å². The summed E-state index contributed by atoms with van der Waals surface area (Å²) in [6.45, 7) is 0.821. The van der Waals surface area contributed by atoms with Crippen LogP contribution in [0.15, 0.2) is 30.3 Å². The van der Waals surface area contributed by atoms with Crippen molar-refractivity contribution < 1.29 is 56.7 Å². The highest BCUT2D eigenvalue weighted by Crippen LogP contribution is 2.46. The number of carbonyl (C=O) groups is 1. The molecule has 13 nitrogen and oxygen atoms in total. The van der Waals surface area contributed by atoms with Gasteiger partial charge in [0.15, 0.2) is 21.8 Å². The average molecular weight is 866 g/mol. The van der Waals surface area contributed by atoms with Crippen molar-refractivity contribution in [1.29, 1.82) is 0 Å². The Bertz CT molecular complexity index is 2640. The lowest BCUT2D eigenvalue weighted by Crippen LogP contribution is -2.36. The molecule has 2 heterocycles. The van der Waals surface area contributed by atoms with Crippen LogP contribution >= 0.6 is 11.6 Å². The third-order valence-corrected chi connectivity index (χ3v) is 14.3. The maximum Gasteiger partial charge on any atom is 0.408 e. The predicted octanol–water partition coefficient (Wildman–Crippen LogP) is 5.36. The molecular weight excluding hydrogens is 833 g/mol. The van der Waals surface area contributed by atoms with E-state index >= 15 is 0 Å². The number of amides is 1. The number of alkyl halides is 3. The van der Waals surface area contributed by atoms with Gasteiger partial charge in [-0.2, -0.15) is 18.3 Å². The normalized spacial score (nSPS) is 14.3. The zero-order valence-corrected chi connectivity index (χ0v) is 33.3. The van der Waals surface area contributed by atoms with E-state index in [4.69, 9.17) is 22.1 Å². The standard InChI is InChI=1S/C34H33ClF5N5O8S3/c1-33(2,54(3,47)48)12-11-25-21-7-6-8-22(21)27(29(42-25)26(53-32(41)46)15-18-13-19(36)16-20(37)14-18)23-9-10-24(35)28-30(23)44(17-34(38,39)40)43-31(28)45(55(4,49)50)56(5,51)52/h9-10,13-14,16,26H,6-8,15,17H2,1-5H3,(H2,41,46)/t26-/m1/s1. The van der Waals surface area contributed by atoms with Crippen LogP contribution in [-0.4, -0.2) is 75.8 Å². The van der Waals surface area contributed by atoms with Crippen molar-refractivity contribution in [2.24, 2.45) is 5.73 Å². The molecule has 0 aliphatic heterocycles. The molecule has 56 heavy (non-hydrogen) atoms. The van der Waals surface area contributed by atoms with Crippen LogP contribution < -0.4 is 9.44 Å². The third kappa shape index (κ3) is 8.87. The van der Waals surface area contributed by atoms with E-state index < -0.39 is 99.3 Å². The number of primary amides is 1. The van der Waals surface area contributed by atoms with E-state index in [2.05, 4.69) is 21.9 Å². The van der Waals surface area contributed by atoms with Crippen molar-refractivity contribution in [3.8, 4) is 23.0 Å². The minimum Gasteiger partial charge on any atom is -0.439 e. The van der Waals surface area contributed by atoms with Crippen molar-refractivity contribution in [2.75, 3.05) is 22.5 Å². The number of aromatic nitrogens is 3. The number of anilines is 1. The topological polar surface area (TPSA) is 189 Å². The summed E-state index contributed by atoms with van der Waals surface area (Å²) >= 11 is 6.53. The number of nitrogens with zero attached hydrogens (tertiary/aromatic N) is 4. The first-order chi connectivity index (χ1) is 25.6. The van der Waals surface area contributed by atoms with Crippen LogP contribution in [0.25, 0.3) is 22.0 Å². The largest absolute Gasteiger partial charge is 0.439 e. The fraction of sp³-hybridized carbons (Fsp3) is 0.382. The van der Waals surface area contributed by atoms with E-state index in [0.717, 1.165) is 24.5 Å². The van der Waals surface area contributed by atoms with E-state index in [1.54, 1.807) is 0 Å². The number of pyridine rings is 1. The number of rotatable bonds is 10. The molecule has 1 atom stereocenters. The molecule has 1 aliphatic rings. The fourth-order valence-corrected chi connectivity index (χ4v) is 9.66. The Morgan fingerprint density at radius 2 is 1.59 bits per heavy atom. The Hall–Kier alpha value is -4.52. The first-order valence-electron chi connectivity index (χ1n) is 16.2.